The van der Waals surface area contributed by atoms with Crippen molar-refractivity contribution in [3.8, 4) is 12.3 Å². The van der Waals surface area contributed by atoms with Crippen LogP contribution in [0.3, 0.4) is 0 Å². The van der Waals surface area contributed by atoms with Crippen LogP contribution in [-0.4, -0.2) is 19.5 Å². The van der Waals surface area contributed by atoms with Crippen molar-refractivity contribution in [2.45, 2.75) is 6.42 Å². The molecule has 2 nitrogen and oxygen atoms in total. The first-order valence-corrected chi connectivity index (χ1v) is 2.36. The maximum atomic E-state index is 9.59. The summed E-state index contributed by atoms with van der Waals surface area (Å²) >= 11 is 0. The van der Waals surface area contributed by atoms with Gasteiger partial charge in [0.25, 0.3) is 0 Å². The first-order valence-electron chi connectivity index (χ1n) is 2.36. The van der Waals surface area contributed by atoms with E-state index in [1.54, 1.807) is 0 Å². The van der Waals surface area contributed by atoms with Crippen LogP contribution in [0.4, 0.5) is 0 Å². The molecule has 0 saturated carbocycles. The van der Waals surface area contributed by atoms with Crippen LogP contribution in [0.1, 0.15) is 6.42 Å². The van der Waals surface area contributed by atoms with E-state index in [0.29, 0.717) is 19.3 Å². The SMILES string of the molecule is C#CCCOCC=O. The number of hydrogen-bond donors (Lipinski definition) is 0. The van der Waals surface area contributed by atoms with Crippen LogP contribution in [0.15, 0.2) is 0 Å². The summed E-state index contributed by atoms with van der Waals surface area (Å²) in [6.45, 7) is 0.636. The van der Waals surface area contributed by atoms with Gasteiger partial charge >= 0.3 is 0 Å². The molecule has 0 aromatic carbocycles. The quantitative estimate of drug-likeness (QED) is 0.295. The zero-order chi connectivity index (χ0) is 6.24. The van der Waals surface area contributed by atoms with Crippen LogP contribution in [-0.2, 0) is 9.53 Å². The predicted molar refractivity (Wildman–Crippen MR) is 30.3 cm³/mol. The Bertz CT molecular complexity index is 91.2. The summed E-state index contributed by atoms with van der Waals surface area (Å²) < 4.78 is 4.71. The summed E-state index contributed by atoms with van der Waals surface area (Å²) in [6, 6.07) is 0. The van der Waals surface area contributed by atoms with Gasteiger partial charge in [0, 0.05) is 6.42 Å². The van der Waals surface area contributed by atoms with Crippen LogP contribution in [0.2, 0.25) is 0 Å². The highest BCUT2D eigenvalue weighted by Gasteiger charge is 1.79. The van der Waals surface area contributed by atoms with Crippen molar-refractivity contribution in [1.82, 2.24) is 0 Å². The standard InChI is InChI=1S/C6H8O2/c1-2-3-5-8-6-4-7/h1,4H,3,5-6H2. The van der Waals surface area contributed by atoms with E-state index in [4.69, 9.17) is 11.2 Å². The first-order chi connectivity index (χ1) is 3.91. The van der Waals surface area contributed by atoms with Gasteiger partial charge < -0.3 is 9.53 Å². The van der Waals surface area contributed by atoms with Crippen molar-refractivity contribution in [2.75, 3.05) is 13.2 Å². The molecule has 44 valence electrons. The molecule has 0 rings (SSSR count). The molecule has 0 aliphatic carbocycles. The average Bonchev–Trinajstić information content (AvgIpc) is 1.81. The van der Waals surface area contributed by atoms with Crippen molar-refractivity contribution in [3.05, 3.63) is 0 Å². The van der Waals surface area contributed by atoms with Crippen molar-refractivity contribution >= 4 is 6.29 Å². The van der Waals surface area contributed by atoms with Gasteiger partial charge in [-0.05, 0) is 0 Å². The highest BCUT2D eigenvalue weighted by atomic mass is 16.5. The van der Waals surface area contributed by atoms with E-state index < -0.39 is 0 Å². The van der Waals surface area contributed by atoms with Crippen LogP contribution >= 0.6 is 0 Å². The van der Waals surface area contributed by atoms with Gasteiger partial charge in [0.2, 0.25) is 0 Å². The summed E-state index contributed by atoms with van der Waals surface area (Å²) in [7, 11) is 0. The summed E-state index contributed by atoms with van der Waals surface area (Å²) in [5, 5.41) is 0. The van der Waals surface area contributed by atoms with Crippen molar-refractivity contribution in [3.63, 3.8) is 0 Å². The number of aldehydes is 1. The van der Waals surface area contributed by atoms with Gasteiger partial charge in [0.1, 0.15) is 12.9 Å². The normalized spacial score (nSPS) is 7.88. The molecule has 0 unspecified atom stereocenters. The third kappa shape index (κ3) is 5.19. The Morgan fingerprint density at radius 3 is 3.00 bits per heavy atom. The van der Waals surface area contributed by atoms with Crippen LogP contribution in [0.5, 0.6) is 0 Å². The topological polar surface area (TPSA) is 26.3 Å². The van der Waals surface area contributed by atoms with Crippen molar-refractivity contribution < 1.29 is 9.53 Å². The number of terminal acetylenes is 1. The van der Waals surface area contributed by atoms with Gasteiger partial charge in [0.05, 0.1) is 6.61 Å². The van der Waals surface area contributed by atoms with E-state index in [1.165, 1.54) is 0 Å². The van der Waals surface area contributed by atoms with Gasteiger partial charge in [-0.1, -0.05) is 0 Å². The number of rotatable bonds is 4. The number of carbonyl (C=O) groups excluding carboxylic acids is 1. The Morgan fingerprint density at radius 2 is 2.50 bits per heavy atom. The summed E-state index contributed by atoms with van der Waals surface area (Å²) in [5.41, 5.74) is 0. The van der Waals surface area contributed by atoms with Gasteiger partial charge in [-0.3, -0.25) is 0 Å². The average molecular weight is 112 g/mol. The minimum atomic E-state index is 0.154. The Morgan fingerprint density at radius 1 is 1.75 bits per heavy atom. The van der Waals surface area contributed by atoms with Crippen LogP contribution < -0.4 is 0 Å². The first kappa shape index (κ1) is 7.19. The molecule has 0 radical (unpaired) electrons. The van der Waals surface area contributed by atoms with Gasteiger partial charge in [-0.15, -0.1) is 12.3 Å². The van der Waals surface area contributed by atoms with E-state index in [-0.39, 0.29) is 6.61 Å². The highest BCUT2D eigenvalue weighted by molar-refractivity contribution is 5.50. The summed E-state index contributed by atoms with van der Waals surface area (Å²) in [6.07, 6.45) is 6.17. The molecule has 0 saturated heterocycles. The predicted octanol–water partition coefficient (Wildman–Crippen LogP) is 0.225. The van der Waals surface area contributed by atoms with Crippen LogP contribution in [0, 0.1) is 12.3 Å². The second kappa shape index (κ2) is 6.19. The van der Waals surface area contributed by atoms with Gasteiger partial charge in [-0.2, -0.15) is 0 Å². The minimum absolute atomic E-state index is 0.154. The summed E-state index contributed by atoms with van der Waals surface area (Å²) in [4.78, 5) is 9.59. The van der Waals surface area contributed by atoms with E-state index >= 15 is 0 Å². The third-order valence-corrected chi connectivity index (χ3v) is 0.577. The molecule has 0 heterocycles. The molecule has 2 heteroatoms. The van der Waals surface area contributed by atoms with Crippen LogP contribution in [0.25, 0.3) is 0 Å². The molecule has 0 atom stereocenters. The number of ether oxygens (including phenoxy) is 1. The van der Waals surface area contributed by atoms with E-state index in [9.17, 15) is 4.79 Å². The molecule has 0 aromatic rings. The zero-order valence-corrected chi connectivity index (χ0v) is 4.59. The molecule has 0 bridgehead atoms. The zero-order valence-electron chi connectivity index (χ0n) is 4.59. The second-order valence-corrected chi connectivity index (χ2v) is 1.20. The Hall–Kier alpha value is -0.810. The van der Waals surface area contributed by atoms with E-state index in [0.717, 1.165) is 0 Å². The molecule has 0 spiro atoms. The molecule has 0 aliphatic rings. The molecular weight excluding hydrogens is 104 g/mol. The molecular formula is C6H8O2. The molecule has 0 fully saturated rings. The molecule has 0 amide bonds. The fraction of sp³-hybridized carbons (Fsp3) is 0.500. The maximum absolute atomic E-state index is 9.59. The number of carbonyl (C=O) groups is 1. The van der Waals surface area contributed by atoms with E-state index in [2.05, 4.69) is 5.92 Å². The lowest BCUT2D eigenvalue weighted by Crippen LogP contribution is -1.95. The van der Waals surface area contributed by atoms with Crippen molar-refractivity contribution in [1.29, 1.82) is 0 Å². The third-order valence-electron chi connectivity index (χ3n) is 0.577. The fourth-order valence-corrected chi connectivity index (χ4v) is 0.263. The smallest absolute Gasteiger partial charge is 0.145 e. The largest absolute Gasteiger partial charge is 0.373 e. The fourth-order valence-electron chi connectivity index (χ4n) is 0.263. The molecule has 0 N–H and O–H groups in total. The minimum Gasteiger partial charge on any atom is -0.373 e. The molecule has 0 aromatic heterocycles. The number of hydrogen-bond acceptors (Lipinski definition) is 2. The van der Waals surface area contributed by atoms with Crippen molar-refractivity contribution in [2.24, 2.45) is 0 Å². The Kier molecular flexibility index (Phi) is 5.56. The monoisotopic (exact) mass is 112 g/mol. The Labute approximate surface area is 48.8 Å². The molecule has 0 aliphatic heterocycles. The van der Waals surface area contributed by atoms with Gasteiger partial charge in [-0.25, -0.2) is 0 Å². The lowest BCUT2D eigenvalue weighted by atomic mass is 10.5. The lowest BCUT2D eigenvalue weighted by Gasteiger charge is -1.90. The molecule has 8 heavy (non-hydrogen) atoms. The maximum Gasteiger partial charge on any atom is 0.145 e. The Balaban J connectivity index is 2.74. The van der Waals surface area contributed by atoms with Gasteiger partial charge in [0.15, 0.2) is 0 Å². The van der Waals surface area contributed by atoms with E-state index in [1.807, 2.05) is 0 Å². The second-order valence-electron chi connectivity index (χ2n) is 1.20. The lowest BCUT2D eigenvalue weighted by molar-refractivity contribution is -0.111. The highest BCUT2D eigenvalue weighted by Crippen LogP contribution is 1.75. The summed E-state index contributed by atoms with van der Waals surface area (Å²) in [5.74, 6) is 2.39.